The van der Waals surface area contributed by atoms with Crippen LogP contribution >= 0.6 is 23.1 Å². The first-order valence-corrected chi connectivity index (χ1v) is 7.03. The maximum absolute atomic E-state index is 13.3. The van der Waals surface area contributed by atoms with Gasteiger partial charge in [0.2, 0.25) is 0 Å². The van der Waals surface area contributed by atoms with E-state index in [0.717, 1.165) is 22.2 Å². The van der Waals surface area contributed by atoms with Crippen LogP contribution in [-0.2, 0) is 0 Å². The van der Waals surface area contributed by atoms with Crippen molar-refractivity contribution in [1.29, 1.82) is 0 Å². The van der Waals surface area contributed by atoms with Gasteiger partial charge in [0, 0.05) is 22.5 Å². The number of nitrogens with zero attached hydrogens (tertiary/aromatic N) is 3. The van der Waals surface area contributed by atoms with E-state index >= 15 is 0 Å². The van der Waals surface area contributed by atoms with Gasteiger partial charge in [-0.25, -0.2) is 23.7 Å². The fourth-order valence-electron chi connectivity index (χ4n) is 1.57. The minimum atomic E-state index is -0.910. The number of hydrogen-bond acceptors (Lipinski definition) is 5. The van der Waals surface area contributed by atoms with Gasteiger partial charge in [-0.05, 0) is 24.8 Å². The van der Waals surface area contributed by atoms with E-state index in [4.69, 9.17) is 0 Å². The van der Waals surface area contributed by atoms with Crippen molar-refractivity contribution in [2.24, 2.45) is 0 Å². The van der Waals surface area contributed by atoms with E-state index in [9.17, 15) is 8.78 Å². The number of aromatic nitrogens is 3. The molecule has 0 fully saturated rings. The first-order valence-electron chi connectivity index (χ1n) is 5.33. The van der Waals surface area contributed by atoms with Crippen LogP contribution in [0.15, 0.2) is 33.2 Å². The lowest BCUT2D eigenvalue weighted by molar-refractivity contribution is 0.510. The summed E-state index contributed by atoms with van der Waals surface area (Å²) in [5.41, 5.74) is 1.30. The summed E-state index contributed by atoms with van der Waals surface area (Å²) in [5.74, 6) is -1.81. The molecule has 0 N–H and O–H groups in total. The zero-order chi connectivity index (χ0) is 13.4. The molecule has 0 radical (unpaired) electrons. The Hall–Kier alpha value is -1.60. The topological polar surface area (TPSA) is 38.7 Å². The minimum Gasteiger partial charge on any atom is -0.236 e. The molecule has 3 aromatic rings. The van der Waals surface area contributed by atoms with E-state index in [1.165, 1.54) is 29.4 Å². The van der Waals surface area contributed by atoms with Crippen LogP contribution in [0.2, 0.25) is 0 Å². The molecule has 19 heavy (non-hydrogen) atoms. The summed E-state index contributed by atoms with van der Waals surface area (Å²) in [6, 6.07) is 2.19. The van der Waals surface area contributed by atoms with Crippen LogP contribution in [0.1, 0.15) is 5.69 Å². The normalized spacial score (nSPS) is 11.1. The molecule has 2 heterocycles. The average Bonchev–Trinajstić information content (AvgIpc) is 2.77. The van der Waals surface area contributed by atoms with Gasteiger partial charge in [0.1, 0.15) is 11.4 Å². The summed E-state index contributed by atoms with van der Waals surface area (Å²) in [5, 5.41) is 2.98. The van der Waals surface area contributed by atoms with Crippen molar-refractivity contribution in [2.45, 2.75) is 16.3 Å². The summed E-state index contributed by atoms with van der Waals surface area (Å²) in [6.45, 7) is 1.90. The van der Waals surface area contributed by atoms with Gasteiger partial charge in [-0.2, -0.15) is 0 Å². The highest BCUT2D eigenvalue weighted by molar-refractivity contribution is 8.01. The highest BCUT2D eigenvalue weighted by Crippen LogP contribution is 2.33. The Labute approximate surface area is 115 Å². The van der Waals surface area contributed by atoms with Gasteiger partial charge in [-0.15, -0.1) is 11.3 Å². The van der Waals surface area contributed by atoms with E-state index in [-0.39, 0.29) is 0 Å². The van der Waals surface area contributed by atoms with Crippen LogP contribution in [0.3, 0.4) is 0 Å². The highest BCUT2D eigenvalue weighted by Gasteiger charge is 2.11. The Morgan fingerprint density at radius 1 is 1.16 bits per heavy atom. The summed E-state index contributed by atoms with van der Waals surface area (Å²) in [6.07, 6.45) is 1.34. The van der Waals surface area contributed by atoms with Crippen molar-refractivity contribution in [2.75, 3.05) is 0 Å². The Morgan fingerprint density at radius 2 is 1.95 bits per heavy atom. The maximum Gasteiger partial charge on any atom is 0.161 e. The molecule has 7 heteroatoms. The summed E-state index contributed by atoms with van der Waals surface area (Å²) in [7, 11) is 0. The van der Waals surface area contributed by atoms with Crippen molar-refractivity contribution in [1.82, 2.24) is 15.0 Å². The zero-order valence-corrected chi connectivity index (χ0v) is 11.4. The molecule has 1 aromatic carbocycles. The van der Waals surface area contributed by atoms with E-state index in [0.29, 0.717) is 15.9 Å². The first-order chi connectivity index (χ1) is 9.13. The molecule has 0 amide bonds. The Balaban J connectivity index is 2.10. The molecule has 0 aliphatic rings. The van der Waals surface area contributed by atoms with Crippen LogP contribution in [0.4, 0.5) is 8.78 Å². The Kier molecular flexibility index (Phi) is 3.16. The molecule has 0 saturated carbocycles. The van der Waals surface area contributed by atoms with Crippen LogP contribution in [-0.4, -0.2) is 15.0 Å². The second kappa shape index (κ2) is 4.82. The fourth-order valence-corrected chi connectivity index (χ4v) is 3.39. The smallest absolute Gasteiger partial charge is 0.161 e. The fraction of sp³-hybridized carbons (Fsp3) is 0.0833. The zero-order valence-electron chi connectivity index (χ0n) is 9.72. The number of benzene rings is 1. The number of aryl methyl sites for hydroxylation is 1. The summed E-state index contributed by atoms with van der Waals surface area (Å²) >= 11 is 2.80. The SMILES string of the molecule is Cc1csc(Sc2ncnc3cc(F)c(F)cc23)n1. The van der Waals surface area contributed by atoms with E-state index < -0.39 is 11.6 Å². The van der Waals surface area contributed by atoms with Crippen molar-refractivity contribution in [3.8, 4) is 0 Å². The second-order valence-corrected chi connectivity index (χ2v) is 5.91. The second-order valence-electron chi connectivity index (χ2n) is 3.82. The van der Waals surface area contributed by atoms with Crippen LogP contribution in [0, 0.1) is 18.6 Å². The lowest BCUT2D eigenvalue weighted by Crippen LogP contribution is -1.91. The third kappa shape index (κ3) is 2.43. The van der Waals surface area contributed by atoms with E-state index in [2.05, 4.69) is 15.0 Å². The van der Waals surface area contributed by atoms with Crippen molar-refractivity contribution in [3.05, 3.63) is 41.2 Å². The maximum atomic E-state index is 13.3. The molecular formula is C12H7F2N3S2. The van der Waals surface area contributed by atoms with Gasteiger partial charge in [0.05, 0.1) is 5.52 Å². The molecule has 0 aliphatic carbocycles. The first kappa shape index (κ1) is 12.4. The number of thiazole rings is 1. The number of fused-ring (bicyclic) bond motifs is 1. The monoisotopic (exact) mass is 295 g/mol. The standard InChI is InChI=1S/C12H7F2N3S2/c1-6-4-18-12(17-6)19-11-7-2-8(13)9(14)3-10(7)15-5-16-11/h2-5H,1H3. The molecule has 3 nitrogen and oxygen atoms in total. The molecule has 0 unspecified atom stereocenters. The van der Waals surface area contributed by atoms with Gasteiger partial charge in [0.25, 0.3) is 0 Å². The number of hydrogen-bond donors (Lipinski definition) is 0. The quantitative estimate of drug-likeness (QED) is 0.674. The molecule has 0 atom stereocenters. The Bertz CT molecular complexity index is 758. The predicted molar refractivity (Wildman–Crippen MR) is 70.4 cm³/mol. The van der Waals surface area contributed by atoms with Crippen LogP contribution in [0.5, 0.6) is 0 Å². The van der Waals surface area contributed by atoms with Gasteiger partial charge < -0.3 is 0 Å². The van der Waals surface area contributed by atoms with Crippen LogP contribution in [0.25, 0.3) is 10.9 Å². The van der Waals surface area contributed by atoms with Gasteiger partial charge in [0.15, 0.2) is 16.0 Å². The average molecular weight is 295 g/mol. The molecule has 3 rings (SSSR count). The summed E-state index contributed by atoms with van der Waals surface area (Å²) in [4.78, 5) is 12.4. The predicted octanol–water partition coefficient (Wildman–Crippen LogP) is 3.82. The molecule has 0 spiro atoms. The third-order valence-corrected chi connectivity index (χ3v) is 4.50. The lowest BCUT2D eigenvalue weighted by atomic mass is 10.2. The van der Waals surface area contributed by atoms with Gasteiger partial charge >= 0.3 is 0 Å². The molecule has 2 aromatic heterocycles. The number of rotatable bonds is 2. The van der Waals surface area contributed by atoms with Crippen molar-refractivity contribution in [3.63, 3.8) is 0 Å². The largest absolute Gasteiger partial charge is 0.236 e. The Morgan fingerprint density at radius 3 is 2.68 bits per heavy atom. The molecular weight excluding hydrogens is 288 g/mol. The molecule has 0 aliphatic heterocycles. The van der Waals surface area contributed by atoms with E-state index in [1.54, 1.807) is 0 Å². The summed E-state index contributed by atoms with van der Waals surface area (Å²) < 4.78 is 27.3. The molecule has 0 bridgehead atoms. The van der Waals surface area contributed by atoms with Crippen molar-refractivity contribution >= 4 is 34.0 Å². The number of halogens is 2. The third-order valence-electron chi connectivity index (χ3n) is 2.42. The van der Waals surface area contributed by atoms with Gasteiger partial charge in [-0.1, -0.05) is 0 Å². The van der Waals surface area contributed by atoms with Gasteiger partial charge in [-0.3, -0.25) is 0 Å². The van der Waals surface area contributed by atoms with Crippen molar-refractivity contribution < 1.29 is 8.78 Å². The van der Waals surface area contributed by atoms with E-state index in [1.807, 2.05) is 12.3 Å². The lowest BCUT2D eigenvalue weighted by Gasteiger charge is -2.03. The highest BCUT2D eigenvalue weighted by atomic mass is 32.2. The van der Waals surface area contributed by atoms with Crippen LogP contribution < -0.4 is 0 Å². The minimum absolute atomic E-state index is 0.379. The molecule has 96 valence electrons. The molecule has 0 saturated heterocycles.